The first-order valence-electron chi connectivity index (χ1n) is 9.12. The summed E-state index contributed by atoms with van der Waals surface area (Å²) >= 11 is 6.13. The van der Waals surface area contributed by atoms with Gasteiger partial charge in [0.25, 0.3) is 0 Å². The van der Waals surface area contributed by atoms with Crippen LogP contribution in [0.15, 0.2) is 18.2 Å². The summed E-state index contributed by atoms with van der Waals surface area (Å²) in [4.78, 5) is 2.16. The highest BCUT2D eigenvalue weighted by Gasteiger charge is 2.31. The number of piperidine rings is 1. The number of hydrogen-bond donors (Lipinski definition) is 1. The van der Waals surface area contributed by atoms with Gasteiger partial charge in [0.15, 0.2) is 0 Å². The third-order valence-corrected chi connectivity index (χ3v) is 5.74. The number of likely N-dealkylation sites (tertiary alicyclic amines) is 1. The van der Waals surface area contributed by atoms with E-state index in [2.05, 4.69) is 25.0 Å². The molecule has 28 heavy (non-hydrogen) atoms. The minimum atomic E-state index is -4.35. The van der Waals surface area contributed by atoms with E-state index in [9.17, 15) is 13.2 Å². The number of aromatic nitrogens is 3. The maximum absolute atomic E-state index is 12.9. The van der Waals surface area contributed by atoms with E-state index in [1.165, 1.54) is 6.07 Å². The third kappa shape index (κ3) is 4.45. The molecule has 2 aromatic rings. The molecule has 0 radical (unpaired) electrons. The molecule has 0 saturated carbocycles. The number of nitrogens with one attached hydrogen (secondary N) is 1. The van der Waals surface area contributed by atoms with E-state index in [1.54, 1.807) is 0 Å². The lowest BCUT2D eigenvalue weighted by molar-refractivity contribution is -0.137. The Morgan fingerprint density at radius 1 is 1.14 bits per heavy atom. The average molecular weight is 436 g/mol. The number of halogens is 5. The molecule has 0 atom stereocenters. The van der Waals surface area contributed by atoms with E-state index >= 15 is 0 Å². The van der Waals surface area contributed by atoms with Crippen LogP contribution in [0.5, 0.6) is 0 Å². The smallest absolute Gasteiger partial charge is 0.312 e. The third-order valence-electron chi connectivity index (χ3n) is 5.37. The SMILES string of the molecule is Cl.FC(F)(F)c1ccc(Cl)c(CN2CCC(c3nnc4n3CCNC4)CC2)c1. The van der Waals surface area contributed by atoms with Gasteiger partial charge < -0.3 is 9.88 Å². The molecule has 0 aliphatic carbocycles. The van der Waals surface area contributed by atoms with E-state index in [1.807, 2.05) is 0 Å². The summed E-state index contributed by atoms with van der Waals surface area (Å²) < 4.78 is 41.1. The standard InChI is InChI=1S/C18H21ClF3N5.ClH/c19-15-2-1-14(18(20,21)22)9-13(15)11-26-6-3-12(4-7-26)17-25-24-16-10-23-5-8-27(16)17;/h1-2,9,12,23H,3-8,10-11H2;1H. The topological polar surface area (TPSA) is 46.0 Å². The summed E-state index contributed by atoms with van der Waals surface area (Å²) in [5, 5.41) is 12.3. The van der Waals surface area contributed by atoms with E-state index in [0.29, 0.717) is 23.0 Å². The van der Waals surface area contributed by atoms with Gasteiger partial charge in [-0.3, -0.25) is 4.90 Å². The second-order valence-electron chi connectivity index (χ2n) is 7.16. The number of rotatable bonds is 3. The molecule has 4 rings (SSSR count). The van der Waals surface area contributed by atoms with Crippen molar-refractivity contribution in [1.29, 1.82) is 0 Å². The first-order chi connectivity index (χ1) is 12.9. The molecule has 3 heterocycles. The average Bonchev–Trinajstić information content (AvgIpc) is 3.07. The van der Waals surface area contributed by atoms with Crippen molar-refractivity contribution in [3.05, 3.63) is 46.0 Å². The van der Waals surface area contributed by atoms with Gasteiger partial charge in [-0.1, -0.05) is 11.6 Å². The van der Waals surface area contributed by atoms with Crippen LogP contribution in [0.3, 0.4) is 0 Å². The summed E-state index contributed by atoms with van der Waals surface area (Å²) in [6, 6.07) is 3.53. The molecule has 1 N–H and O–H groups in total. The molecule has 1 aromatic heterocycles. The van der Waals surface area contributed by atoms with Gasteiger partial charge in [-0.25, -0.2) is 0 Å². The second-order valence-corrected chi connectivity index (χ2v) is 7.56. The van der Waals surface area contributed by atoms with Gasteiger partial charge in [-0.05, 0) is 49.7 Å². The van der Waals surface area contributed by atoms with Crippen molar-refractivity contribution in [2.75, 3.05) is 19.6 Å². The van der Waals surface area contributed by atoms with Crippen molar-refractivity contribution in [1.82, 2.24) is 25.0 Å². The van der Waals surface area contributed by atoms with Crippen LogP contribution in [-0.2, 0) is 25.8 Å². The Morgan fingerprint density at radius 3 is 2.61 bits per heavy atom. The Hall–Kier alpha value is -1.35. The van der Waals surface area contributed by atoms with Crippen LogP contribution in [0, 0.1) is 0 Å². The number of fused-ring (bicyclic) bond motifs is 1. The van der Waals surface area contributed by atoms with Crippen LogP contribution in [0.4, 0.5) is 13.2 Å². The van der Waals surface area contributed by atoms with Gasteiger partial charge in [0.2, 0.25) is 0 Å². The maximum atomic E-state index is 12.9. The van der Waals surface area contributed by atoms with Crippen LogP contribution in [0.1, 0.15) is 41.5 Å². The predicted octanol–water partition coefficient (Wildman–Crippen LogP) is 3.85. The van der Waals surface area contributed by atoms with E-state index in [-0.39, 0.29) is 12.4 Å². The van der Waals surface area contributed by atoms with Crippen LogP contribution in [-0.4, -0.2) is 39.3 Å². The summed E-state index contributed by atoms with van der Waals surface area (Å²) in [6.07, 6.45) is -2.52. The molecule has 0 bridgehead atoms. The molecular formula is C18H22Cl2F3N5. The van der Waals surface area contributed by atoms with Crippen molar-refractivity contribution in [2.45, 2.75) is 44.6 Å². The van der Waals surface area contributed by atoms with E-state index in [0.717, 1.165) is 69.3 Å². The molecule has 5 nitrogen and oxygen atoms in total. The molecule has 1 aromatic carbocycles. The number of alkyl halides is 3. The molecule has 2 aliphatic rings. The fourth-order valence-corrected chi connectivity index (χ4v) is 4.06. The minimum absolute atomic E-state index is 0. The Labute approximate surface area is 172 Å². The Morgan fingerprint density at radius 2 is 1.89 bits per heavy atom. The zero-order valence-electron chi connectivity index (χ0n) is 15.2. The van der Waals surface area contributed by atoms with Crippen LogP contribution >= 0.6 is 24.0 Å². The molecule has 0 amide bonds. The first-order valence-corrected chi connectivity index (χ1v) is 9.50. The van der Waals surface area contributed by atoms with Gasteiger partial charge in [0.1, 0.15) is 11.6 Å². The quantitative estimate of drug-likeness (QED) is 0.794. The van der Waals surface area contributed by atoms with Crippen LogP contribution in [0.25, 0.3) is 0 Å². The monoisotopic (exact) mass is 435 g/mol. The largest absolute Gasteiger partial charge is 0.416 e. The fraction of sp³-hybridized carbons (Fsp3) is 0.556. The molecule has 154 valence electrons. The van der Waals surface area contributed by atoms with Crippen molar-refractivity contribution >= 4 is 24.0 Å². The molecule has 1 fully saturated rings. The molecule has 0 unspecified atom stereocenters. The zero-order chi connectivity index (χ0) is 19.0. The van der Waals surface area contributed by atoms with Gasteiger partial charge in [0.05, 0.1) is 12.1 Å². The Kier molecular flexibility index (Phi) is 6.54. The molecule has 0 spiro atoms. The highest BCUT2D eigenvalue weighted by atomic mass is 35.5. The summed E-state index contributed by atoms with van der Waals surface area (Å²) in [5.41, 5.74) is -0.128. The van der Waals surface area contributed by atoms with Crippen molar-refractivity contribution in [3.63, 3.8) is 0 Å². The Balaban J connectivity index is 0.00000225. The second kappa shape index (κ2) is 8.57. The highest BCUT2D eigenvalue weighted by molar-refractivity contribution is 6.31. The van der Waals surface area contributed by atoms with Crippen LogP contribution in [0.2, 0.25) is 5.02 Å². The Bertz CT molecular complexity index is 816. The van der Waals surface area contributed by atoms with Crippen molar-refractivity contribution in [2.24, 2.45) is 0 Å². The normalized spacial score (nSPS) is 18.6. The lowest BCUT2D eigenvalue weighted by Gasteiger charge is -2.32. The lowest BCUT2D eigenvalue weighted by atomic mass is 9.95. The fourth-order valence-electron chi connectivity index (χ4n) is 3.88. The predicted molar refractivity (Wildman–Crippen MR) is 103 cm³/mol. The number of hydrogen-bond acceptors (Lipinski definition) is 4. The first kappa shape index (κ1) is 21.4. The number of nitrogens with zero attached hydrogens (tertiary/aromatic N) is 4. The molecular weight excluding hydrogens is 414 g/mol. The van der Waals surface area contributed by atoms with Crippen LogP contribution < -0.4 is 5.32 Å². The summed E-state index contributed by atoms with van der Waals surface area (Å²) in [6.45, 7) is 4.59. The van der Waals surface area contributed by atoms with E-state index in [4.69, 9.17) is 11.6 Å². The van der Waals surface area contributed by atoms with Gasteiger partial charge in [-0.2, -0.15) is 13.2 Å². The summed E-state index contributed by atoms with van der Waals surface area (Å²) in [7, 11) is 0. The lowest BCUT2D eigenvalue weighted by Crippen LogP contribution is -2.34. The minimum Gasteiger partial charge on any atom is -0.312 e. The van der Waals surface area contributed by atoms with Gasteiger partial charge in [0, 0.05) is 30.6 Å². The van der Waals surface area contributed by atoms with Gasteiger partial charge in [-0.15, -0.1) is 22.6 Å². The highest BCUT2D eigenvalue weighted by Crippen LogP contribution is 2.33. The number of benzene rings is 1. The molecule has 10 heteroatoms. The molecule has 2 aliphatic heterocycles. The van der Waals surface area contributed by atoms with E-state index < -0.39 is 11.7 Å². The van der Waals surface area contributed by atoms with Crippen molar-refractivity contribution in [3.8, 4) is 0 Å². The maximum Gasteiger partial charge on any atom is 0.416 e. The summed E-state index contributed by atoms with van der Waals surface area (Å²) in [5.74, 6) is 2.37. The molecule has 1 saturated heterocycles. The zero-order valence-corrected chi connectivity index (χ0v) is 16.7. The van der Waals surface area contributed by atoms with Crippen molar-refractivity contribution < 1.29 is 13.2 Å². The van der Waals surface area contributed by atoms with Gasteiger partial charge >= 0.3 is 6.18 Å².